The fourth-order valence-electron chi connectivity index (χ4n) is 1.70. The Morgan fingerprint density at radius 1 is 1.17 bits per heavy atom. The van der Waals surface area contributed by atoms with E-state index in [1.165, 1.54) is 0 Å². The summed E-state index contributed by atoms with van der Waals surface area (Å²) in [6.07, 6.45) is -0.677. The van der Waals surface area contributed by atoms with Gasteiger partial charge in [-0.1, -0.05) is 41.9 Å². The Labute approximate surface area is 112 Å². The van der Waals surface area contributed by atoms with Crippen molar-refractivity contribution in [2.75, 3.05) is 6.61 Å². The summed E-state index contributed by atoms with van der Waals surface area (Å²) in [5.41, 5.74) is 1.81. The summed E-state index contributed by atoms with van der Waals surface area (Å²) < 4.78 is 5.60. The van der Waals surface area contributed by atoms with Crippen LogP contribution in [0.1, 0.15) is 17.2 Å². The Morgan fingerprint density at radius 2 is 1.94 bits per heavy atom. The molecule has 0 aromatic heterocycles. The van der Waals surface area contributed by atoms with E-state index in [9.17, 15) is 5.11 Å². The quantitative estimate of drug-likeness (QED) is 0.909. The largest absolute Gasteiger partial charge is 0.490 e. The summed E-state index contributed by atoms with van der Waals surface area (Å²) in [6, 6.07) is 14.9. The van der Waals surface area contributed by atoms with E-state index in [0.29, 0.717) is 5.02 Å². The molecule has 0 amide bonds. The Hall–Kier alpha value is -1.51. The molecule has 0 saturated heterocycles. The molecule has 1 unspecified atom stereocenters. The third kappa shape index (κ3) is 3.25. The van der Waals surface area contributed by atoms with Crippen LogP contribution in [0.5, 0.6) is 5.75 Å². The first-order chi connectivity index (χ1) is 8.66. The zero-order chi connectivity index (χ0) is 13.0. The standard InChI is InChI=1S/C15H15ClO2/c1-11-5-2-3-8-15(11)18-10-14(17)12-6-4-7-13(16)9-12/h2-9,14,17H,10H2,1H3. The Morgan fingerprint density at radius 3 is 2.67 bits per heavy atom. The average Bonchev–Trinajstić information content (AvgIpc) is 2.37. The van der Waals surface area contributed by atoms with E-state index < -0.39 is 6.10 Å². The molecule has 94 valence electrons. The average molecular weight is 263 g/mol. The van der Waals surface area contributed by atoms with Crippen molar-refractivity contribution in [3.05, 3.63) is 64.7 Å². The molecule has 2 aromatic carbocycles. The van der Waals surface area contributed by atoms with E-state index in [1.54, 1.807) is 12.1 Å². The van der Waals surface area contributed by atoms with Crippen LogP contribution in [-0.4, -0.2) is 11.7 Å². The minimum atomic E-state index is -0.677. The van der Waals surface area contributed by atoms with Crippen LogP contribution in [0, 0.1) is 6.92 Å². The highest BCUT2D eigenvalue weighted by atomic mass is 35.5. The van der Waals surface area contributed by atoms with Gasteiger partial charge in [0, 0.05) is 5.02 Å². The van der Waals surface area contributed by atoms with Crippen LogP contribution in [0.4, 0.5) is 0 Å². The Bertz CT molecular complexity index is 525. The lowest BCUT2D eigenvalue weighted by molar-refractivity contribution is 0.108. The maximum absolute atomic E-state index is 10.0. The van der Waals surface area contributed by atoms with Gasteiger partial charge in [-0.2, -0.15) is 0 Å². The lowest BCUT2D eigenvalue weighted by Gasteiger charge is -2.14. The highest BCUT2D eigenvalue weighted by Gasteiger charge is 2.09. The molecule has 0 aliphatic carbocycles. The van der Waals surface area contributed by atoms with Gasteiger partial charge in [0.05, 0.1) is 0 Å². The Kier molecular flexibility index (Phi) is 4.24. The highest BCUT2D eigenvalue weighted by molar-refractivity contribution is 6.30. The van der Waals surface area contributed by atoms with Crippen LogP contribution in [-0.2, 0) is 0 Å². The van der Waals surface area contributed by atoms with Gasteiger partial charge in [-0.25, -0.2) is 0 Å². The van der Waals surface area contributed by atoms with Crippen LogP contribution in [0.25, 0.3) is 0 Å². The van der Waals surface area contributed by atoms with Gasteiger partial charge in [0.25, 0.3) is 0 Å². The number of para-hydroxylation sites is 1. The first-order valence-corrected chi connectivity index (χ1v) is 6.16. The number of halogens is 1. The molecule has 0 fully saturated rings. The maximum atomic E-state index is 10.0. The number of aryl methyl sites for hydroxylation is 1. The summed E-state index contributed by atoms with van der Waals surface area (Å²) in [4.78, 5) is 0. The van der Waals surface area contributed by atoms with E-state index in [1.807, 2.05) is 43.3 Å². The zero-order valence-corrected chi connectivity index (χ0v) is 10.9. The molecule has 0 saturated carbocycles. The van der Waals surface area contributed by atoms with Crippen LogP contribution in [0.2, 0.25) is 5.02 Å². The molecule has 2 aromatic rings. The number of hydrogen-bond acceptors (Lipinski definition) is 2. The highest BCUT2D eigenvalue weighted by Crippen LogP contribution is 2.21. The van der Waals surface area contributed by atoms with Gasteiger partial charge >= 0.3 is 0 Å². The number of aliphatic hydroxyl groups is 1. The van der Waals surface area contributed by atoms with Crippen LogP contribution < -0.4 is 4.74 Å². The zero-order valence-electron chi connectivity index (χ0n) is 10.1. The van der Waals surface area contributed by atoms with Gasteiger partial charge in [0.1, 0.15) is 18.5 Å². The monoisotopic (exact) mass is 262 g/mol. The maximum Gasteiger partial charge on any atom is 0.122 e. The predicted molar refractivity (Wildman–Crippen MR) is 73.1 cm³/mol. The fraction of sp³-hybridized carbons (Fsp3) is 0.200. The predicted octanol–water partition coefficient (Wildman–Crippen LogP) is 3.76. The number of aliphatic hydroxyl groups excluding tert-OH is 1. The van der Waals surface area contributed by atoms with Crippen molar-refractivity contribution in [1.82, 2.24) is 0 Å². The van der Waals surface area contributed by atoms with E-state index in [2.05, 4.69) is 0 Å². The topological polar surface area (TPSA) is 29.5 Å². The van der Waals surface area contributed by atoms with E-state index >= 15 is 0 Å². The smallest absolute Gasteiger partial charge is 0.122 e. The molecule has 2 rings (SSSR count). The van der Waals surface area contributed by atoms with Crippen molar-refractivity contribution in [1.29, 1.82) is 0 Å². The van der Waals surface area contributed by atoms with E-state index in [0.717, 1.165) is 16.9 Å². The molecule has 2 nitrogen and oxygen atoms in total. The van der Waals surface area contributed by atoms with Crippen LogP contribution >= 0.6 is 11.6 Å². The van der Waals surface area contributed by atoms with Crippen molar-refractivity contribution in [2.24, 2.45) is 0 Å². The third-order valence-electron chi connectivity index (χ3n) is 2.72. The van der Waals surface area contributed by atoms with Gasteiger partial charge in [0.2, 0.25) is 0 Å². The summed E-state index contributed by atoms with van der Waals surface area (Å²) in [7, 11) is 0. The molecule has 18 heavy (non-hydrogen) atoms. The minimum absolute atomic E-state index is 0.213. The van der Waals surface area contributed by atoms with E-state index in [-0.39, 0.29) is 6.61 Å². The number of benzene rings is 2. The molecule has 0 aliphatic rings. The fourth-order valence-corrected chi connectivity index (χ4v) is 1.90. The molecular weight excluding hydrogens is 248 g/mol. The minimum Gasteiger partial charge on any atom is -0.490 e. The van der Waals surface area contributed by atoms with Gasteiger partial charge < -0.3 is 9.84 Å². The molecular formula is C15H15ClO2. The second kappa shape index (κ2) is 5.89. The van der Waals surface area contributed by atoms with E-state index in [4.69, 9.17) is 16.3 Å². The molecule has 0 spiro atoms. The molecule has 0 heterocycles. The lowest BCUT2D eigenvalue weighted by atomic mass is 10.1. The van der Waals surface area contributed by atoms with Gasteiger partial charge in [-0.3, -0.25) is 0 Å². The van der Waals surface area contributed by atoms with Crippen molar-refractivity contribution >= 4 is 11.6 Å². The second-order valence-corrected chi connectivity index (χ2v) is 4.58. The normalized spacial score (nSPS) is 12.2. The third-order valence-corrected chi connectivity index (χ3v) is 2.96. The molecule has 1 N–H and O–H groups in total. The summed E-state index contributed by atoms with van der Waals surface area (Å²) in [6.45, 7) is 2.19. The molecule has 0 radical (unpaired) electrons. The van der Waals surface area contributed by atoms with Crippen LogP contribution in [0.3, 0.4) is 0 Å². The first-order valence-electron chi connectivity index (χ1n) is 5.79. The number of hydrogen-bond donors (Lipinski definition) is 1. The second-order valence-electron chi connectivity index (χ2n) is 4.15. The van der Waals surface area contributed by atoms with Crippen molar-refractivity contribution in [3.63, 3.8) is 0 Å². The van der Waals surface area contributed by atoms with Gasteiger partial charge in [-0.15, -0.1) is 0 Å². The summed E-state index contributed by atoms with van der Waals surface area (Å²) in [5.74, 6) is 0.790. The SMILES string of the molecule is Cc1ccccc1OCC(O)c1cccc(Cl)c1. The molecule has 0 aliphatic heterocycles. The molecule has 1 atom stereocenters. The molecule has 0 bridgehead atoms. The van der Waals surface area contributed by atoms with Gasteiger partial charge in [0.15, 0.2) is 0 Å². The molecule has 3 heteroatoms. The van der Waals surface area contributed by atoms with Crippen LogP contribution in [0.15, 0.2) is 48.5 Å². The van der Waals surface area contributed by atoms with Gasteiger partial charge in [-0.05, 0) is 36.2 Å². The Balaban J connectivity index is 2.00. The van der Waals surface area contributed by atoms with Crippen molar-refractivity contribution in [3.8, 4) is 5.75 Å². The van der Waals surface area contributed by atoms with Crippen molar-refractivity contribution < 1.29 is 9.84 Å². The number of ether oxygens (including phenoxy) is 1. The summed E-state index contributed by atoms with van der Waals surface area (Å²) >= 11 is 5.88. The van der Waals surface area contributed by atoms with Crippen molar-refractivity contribution in [2.45, 2.75) is 13.0 Å². The number of rotatable bonds is 4. The summed E-state index contributed by atoms with van der Waals surface area (Å²) in [5, 5.41) is 10.6. The lowest BCUT2D eigenvalue weighted by Crippen LogP contribution is -2.10. The first kappa shape index (κ1) is 12.9.